The molecule has 1 aliphatic carbocycles. The van der Waals surface area contributed by atoms with Gasteiger partial charge in [0.2, 0.25) is 9.84 Å². The molecule has 0 radical (unpaired) electrons. The van der Waals surface area contributed by atoms with Crippen molar-refractivity contribution in [3.63, 3.8) is 0 Å². The summed E-state index contributed by atoms with van der Waals surface area (Å²) < 4.78 is 25.1. The molecule has 4 nitrogen and oxygen atoms in total. The fraction of sp³-hybridized carbons (Fsp3) is 0.167. The fourth-order valence-corrected chi connectivity index (χ4v) is 4.74. The Morgan fingerprint density at radius 2 is 1.88 bits per heavy atom. The first-order valence-electron chi connectivity index (χ1n) is 7.58. The average molecular weight is 357 g/mol. The van der Waals surface area contributed by atoms with Crippen LogP contribution in [0.15, 0.2) is 52.4 Å². The minimum Gasteiger partial charge on any atom is -0.314 e. The fourth-order valence-electron chi connectivity index (χ4n) is 3.29. The van der Waals surface area contributed by atoms with E-state index in [2.05, 4.69) is 12.1 Å². The van der Waals surface area contributed by atoms with E-state index in [0.29, 0.717) is 10.7 Å². The van der Waals surface area contributed by atoms with Gasteiger partial charge < -0.3 is 4.90 Å². The summed E-state index contributed by atoms with van der Waals surface area (Å²) in [6.07, 6.45) is 4.61. The van der Waals surface area contributed by atoms with Crippen LogP contribution in [0.5, 0.6) is 0 Å². The molecule has 1 aliphatic heterocycles. The maximum atomic E-state index is 12.6. The Labute approximate surface area is 145 Å². The number of sulfone groups is 1. The molecule has 0 atom stereocenters. The van der Waals surface area contributed by atoms with E-state index in [1.807, 2.05) is 6.07 Å². The van der Waals surface area contributed by atoms with E-state index in [1.165, 1.54) is 29.5 Å². The Kier molecular flexibility index (Phi) is 3.41. The summed E-state index contributed by atoms with van der Waals surface area (Å²) in [6.45, 7) is 0. The molecule has 24 heavy (non-hydrogen) atoms. The van der Waals surface area contributed by atoms with Crippen molar-refractivity contribution in [1.29, 1.82) is 5.26 Å². The minimum atomic E-state index is -3.80. The van der Waals surface area contributed by atoms with Crippen LogP contribution in [-0.2, 0) is 22.7 Å². The number of fused-ring (bicyclic) bond motifs is 2. The number of hydrogen-bond acceptors (Lipinski definition) is 4. The van der Waals surface area contributed by atoms with Crippen molar-refractivity contribution in [2.24, 2.45) is 0 Å². The smallest absolute Gasteiger partial charge is 0.220 e. The van der Waals surface area contributed by atoms with Crippen LogP contribution in [0.4, 0.5) is 11.4 Å². The van der Waals surface area contributed by atoms with Crippen molar-refractivity contribution < 1.29 is 8.42 Å². The van der Waals surface area contributed by atoms with E-state index in [0.717, 1.165) is 24.9 Å². The number of rotatable bonds is 1. The van der Waals surface area contributed by atoms with E-state index in [4.69, 9.17) is 11.6 Å². The Bertz CT molecular complexity index is 1040. The van der Waals surface area contributed by atoms with Gasteiger partial charge in [-0.15, -0.1) is 0 Å². The van der Waals surface area contributed by atoms with Crippen LogP contribution < -0.4 is 4.90 Å². The summed E-state index contributed by atoms with van der Waals surface area (Å²) in [4.78, 5) is 1.57. The lowest BCUT2D eigenvalue weighted by Gasteiger charge is -2.28. The number of hydrogen-bond donors (Lipinski definition) is 0. The largest absolute Gasteiger partial charge is 0.314 e. The molecule has 0 saturated carbocycles. The summed E-state index contributed by atoms with van der Waals surface area (Å²) in [5, 5.41) is 9.72. The summed E-state index contributed by atoms with van der Waals surface area (Å²) in [5.41, 5.74) is 3.91. The zero-order valence-corrected chi connectivity index (χ0v) is 14.2. The van der Waals surface area contributed by atoms with Gasteiger partial charge in [-0.3, -0.25) is 0 Å². The van der Waals surface area contributed by atoms with Crippen molar-refractivity contribution in [3.8, 4) is 6.07 Å². The number of anilines is 2. The molecule has 6 heteroatoms. The summed E-state index contributed by atoms with van der Waals surface area (Å²) in [5.74, 6) is 0. The van der Waals surface area contributed by atoms with Gasteiger partial charge in [0.15, 0.2) is 4.91 Å². The minimum absolute atomic E-state index is 0.103. The highest BCUT2D eigenvalue weighted by atomic mass is 35.5. The highest BCUT2D eigenvalue weighted by Gasteiger charge is 2.32. The second-order valence-electron chi connectivity index (χ2n) is 5.90. The first-order chi connectivity index (χ1) is 11.5. The Morgan fingerprint density at radius 3 is 2.67 bits per heavy atom. The van der Waals surface area contributed by atoms with Crippen LogP contribution in [-0.4, -0.2) is 8.42 Å². The third kappa shape index (κ3) is 2.22. The van der Waals surface area contributed by atoms with Crippen LogP contribution in [0.3, 0.4) is 0 Å². The average Bonchev–Trinajstić information content (AvgIpc) is 3.02. The highest BCUT2D eigenvalue weighted by molar-refractivity contribution is 7.95. The van der Waals surface area contributed by atoms with Gasteiger partial charge in [-0.2, -0.15) is 5.26 Å². The first-order valence-corrected chi connectivity index (χ1v) is 9.44. The maximum Gasteiger partial charge on any atom is 0.220 e. The number of allylic oxidation sites excluding steroid dienone is 1. The van der Waals surface area contributed by atoms with E-state index in [1.54, 1.807) is 17.0 Å². The zero-order valence-electron chi connectivity index (χ0n) is 12.7. The van der Waals surface area contributed by atoms with Gasteiger partial charge in [-0.1, -0.05) is 17.7 Å². The standard InChI is InChI=1S/C18H13ClN2O2S/c19-14-5-7-18-17(9-14)21(11-16(10-20)24(18,22)23)15-6-4-12-2-1-3-13(12)8-15/h4-9,11H,1-3H2. The monoisotopic (exact) mass is 356 g/mol. The molecule has 4 rings (SSSR count). The molecule has 0 aromatic heterocycles. The van der Waals surface area contributed by atoms with E-state index < -0.39 is 9.84 Å². The van der Waals surface area contributed by atoms with Crippen LogP contribution in [0.2, 0.25) is 5.02 Å². The molecule has 2 aromatic rings. The summed E-state index contributed by atoms with van der Waals surface area (Å²) >= 11 is 6.08. The SMILES string of the molecule is N#CC1=CN(c2ccc3c(c2)CCC3)c2cc(Cl)ccc2S1(=O)=O. The van der Waals surface area contributed by atoms with Crippen molar-refractivity contribution in [3.05, 3.63) is 63.7 Å². The van der Waals surface area contributed by atoms with Crippen LogP contribution in [0.1, 0.15) is 17.5 Å². The van der Waals surface area contributed by atoms with E-state index in [9.17, 15) is 13.7 Å². The molecular weight excluding hydrogens is 344 g/mol. The third-order valence-corrected chi connectivity index (χ3v) is 6.41. The van der Waals surface area contributed by atoms with E-state index >= 15 is 0 Å². The molecule has 2 aromatic carbocycles. The lowest BCUT2D eigenvalue weighted by atomic mass is 10.1. The normalized spacial score (nSPS) is 17.7. The summed E-state index contributed by atoms with van der Waals surface area (Å²) in [6, 6.07) is 12.5. The molecule has 0 N–H and O–H groups in total. The molecule has 0 saturated heterocycles. The lowest BCUT2D eigenvalue weighted by molar-refractivity contribution is 0.602. The van der Waals surface area contributed by atoms with Crippen LogP contribution >= 0.6 is 11.6 Å². The third-order valence-electron chi connectivity index (χ3n) is 4.48. The molecule has 1 heterocycles. The van der Waals surface area contributed by atoms with Gasteiger partial charge >= 0.3 is 0 Å². The quantitative estimate of drug-likeness (QED) is 0.771. The van der Waals surface area contributed by atoms with Gasteiger partial charge in [-0.25, -0.2) is 8.42 Å². The second kappa shape index (κ2) is 5.37. The first kappa shape index (κ1) is 15.3. The number of nitrogens with zero attached hydrogens (tertiary/aromatic N) is 2. The van der Waals surface area contributed by atoms with Gasteiger partial charge in [0.1, 0.15) is 6.07 Å². The molecular formula is C18H13ClN2O2S. The van der Waals surface area contributed by atoms with Crippen LogP contribution in [0.25, 0.3) is 0 Å². The molecule has 0 fully saturated rings. The van der Waals surface area contributed by atoms with Gasteiger partial charge in [0.25, 0.3) is 0 Å². The van der Waals surface area contributed by atoms with Crippen molar-refractivity contribution in [2.75, 3.05) is 4.90 Å². The molecule has 120 valence electrons. The molecule has 0 spiro atoms. The van der Waals surface area contributed by atoms with Crippen LogP contribution in [0, 0.1) is 11.3 Å². The molecule has 0 bridgehead atoms. The molecule has 0 amide bonds. The van der Waals surface area contributed by atoms with E-state index in [-0.39, 0.29) is 9.80 Å². The Morgan fingerprint density at radius 1 is 1.08 bits per heavy atom. The van der Waals surface area contributed by atoms with Gasteiger partial charge in [0, 0.05) is 16.9 Å². The van der Waals surface area contributed by atoms with Crippen molar-refractivity contribution in [1.82, 2.24) is 0 Å². The Hall–Kier alpha value is -2.29. The lowest BCUT2D eigenvalue weighted by Crippen LogP contribution is -2.21. The predicted molar refractivity (Wildman–Crippen MR) is 92.9 cm³/mol. The summed E-state index contributed by atoms with van der Waals surface area (Å²) in [7, 11) is -3.80. The molecule has 2 aliphatic rings. The molecule has 0 unspecified atom stereocenters. The number of halogens is 1. The topological polar surface area (TPSA) is 61.2 Å². The van der Waals surface area contributed by atoms with Gasteiger partial charge in [-0.05, 0) is 60.7 Å². The number of nitriles is 1. The van der Waals surface area contributed by atoms with Crippen molar-refractivity contribution in [2.45, 2.75) is 24.2 Å². The van der Waals surface area contributed by atoms with Gasteiger partial charge in [0.05, 0.1) is 10.6 Å². The maximum absolute atomic E-state index is 12.6. The second-order valence-corrected chi connectivity index (χ2v) is 8.22. The highest BCUT2D eigenvalue weighted by Crippen LogP contribution is 2.41. The number of aryl methyl sites for hydroxylation is 2. The number of benzene rings is 2. The van der Waals surface area contributed by atoms with Crippen molar-refractivity contribution >= 4 is 32.8 Å². The predicted octanol–water partition coefficient (Wildman–Crippen LogP) is 4.12. The zero-order chi connectivity index (χ0) is 16.9. The Balaban J connectivity index is 1.95.